The molecule has 122 valence electrons. The minimum Gasteiger partial charge on any atom is -0.349 e. The summed E-state index contributed by atoms with van der Waals surface area (Å²) in [7, 11) is 1.77. The van der Waals surface area contributed by atoms with E-state index >= 15 is 0 Å². The van der Waals surface area contributed by atoms with E-state index in [4.69, 9.17) is 0 Å². The molecule has 0 unspecified atom stereocenters. The van der Waals surface area contributed by atoms with Crippen LogP contribution in [-0.4, -0.2) is 49.4 Å². The Balaban J connectivity index is 0.00000242. The third kappa shape index (κ3) is 4.71. The lowest BCUT2D eigenvalue weighted by molar-refractivity contribution is -0.131. The maximum atomic E-state index is 12.2. The summed E-state index contributed by atoms with van der Waals surface area (Å²) in [5.41, 5.74) is 1.71. The van der Waals surface area contributed by atoms with Gasteiger partial charge in [-0.05, 0) is 38.4 Å². The molecule has 1 aromatic rings. The predicted octanol–water partition coefficient (Wildman–Crippen LogP) is 1.36. The number of amides is 2. The standard InChI is InChI=1S/C16H23N3O2.ClH/c1-12-5-3-4-6-14(12)16(21)18-13-7-9-19(10-8-13)15(20)11-17-2;/h3-6,13,17H,7-11H2,1-2H3,(H,18,21);1H. The second kappa shape index (κ2) is 8.76. The quantitative estimate of drug-likeness (QED) is 0.878. The summed E-state index contributed by atoms with van der Waals surface area (Å²) in [6, 6.07) is 7.74. The summed E-state index contributed by atoms with van der Waals surface area (Å²) < 4.78 is 0. The van der Waals surface area contributed by atoms with Gasteiger partial charge in [0, 0.05) is 24.7 Å². The molecule has 1 aliphatic rings. The van der Waals surface area contributed by atoms with Crippen LogP contribution >= 0.6 is 12.4 Å². The zero-order valence-corrected chi connectivity index (χ0v) is 13.9. The second-order valence-electron chi connectivity index (χ2n) is 5.47. The van der Waals surface area contributed by atoms with Crippen LogP contribution in [0.15, 0.2) is 24.3 Å². The van der Waals surface area contributed by atoms with Gasteiger partial charge in [-0.15, -0.1) is 12.4 Å². The Labute approximate surface area is 137 Å². The molecule has 2 N–H and O–H groups in total. The summed E-state index contributed by atoms with van der Waals surface area (Å²) in [6.45, 7) is 3.73. The maximum Gasteiger partial charge on any atom is 0.251 e. The molecule has 22 heavy (non-hydrogen) atoms. The largest absolute Gasteiger partial charge is 0.349 e. The topological polar surface area (TPSA) is 61.4 Å². The zero-order valence-electron chi connectivity index (χ0n) is 13.1. The van der Waals surface area contributed by atoms with E-state index in [1.807, 2.05) is 36.1 Å². The molecule has 1 saturated heterocycles. The van der Waals surface area contributed by atoms with Crippen molar-refractivity contribution in [3.8, 4) is 0 Å². The van der Waals surface area contributed by atoms with E-state index in [9.17, 15) is 9.59 Å². The van der Waals surface area contributed by atoms with E-state index in [0.29, 0.717) is 19.6 Å². The van der Waals surface area contributed by atoms with E-state index in [2.05, 4.69) is 10.6 Å². The Bertz CT molecular complexity index is 514. The van der Waals surface area contributed by atoms with Crippen LogP contribution in [0.1, 0.15) is 28.8 Å². The average Bonchev–Trinajstić information content (AvgIpc) is 2.48. The number of nitrogens with zero attached hydrogens (tertiary/aromatic N) is 1. The van der Waals surface area contributed by atoms with Crippen LogP contribution in [0, 0.1) is 6.92 Å². The first kappa shape index (κ1) is 18.5. The number of hydrogen-bond donors (Lipinski definition) is 2. The second-order valence-corrected chi connectivity index (χ2v) is 5.47. The van der Waals surface area contributed by atoms with Crippen LogP contribution in [0.25, 0.3) is 0 Å². The molecule has 0 atom stereocenters. The molecule has 0 aliphatic carbocycles. The molecule has 0 spiro atoms. The van der Waals surface area contributed by atoms with Crippen molar-refractivity contribution in [3.05, 3.63) is 35.4 Å². The number of halogens is 1. The Hall–Kier alpha value is -1.59. The number of carbonyl (C=O) groups excluding carboxylic acids is 2. The molecule has 6 heteroatoms. The molecular weight excluding hydrogens is 302 g/mol. The van der Waals surface area contributed by atoms with E-state index in [1.54, 1.807) is 7.05 Å². The smallest absolute Gasteiger partial charge is 0.251 e. The summed E-state index contributed by atoms with van der Waals surface area (Å²) in [4.78, 5) is 25.9. The van der Waals surface area contributed by atoms with Crippen LogP contribution in [0.3, 0.4) is 0 Å². The van der Waals surface area contributed by atoms with Crippen molar-refractivity contribution < 1.29 is 9.59 Å². The van der Waals surface area contributed by atoms with Gasteiger partial charge in [0.05, 0.1) is 6.54 Å². The van der Waals surface area contributed by atoms with Gasteiger partial charge in [-0.25, -0.2) is 0 Å². The van der Waals surface area contributed by atoms with Crippen molar-refractivity contribution in [2.75, 3.05) is 26.7 Å². The Morgan fingerprint density at radius 2 is 1.86 bits per heavy atom. The SMILES string of the molecule is CNCC(=O)N1CCC(NC(=O)c2ccccc2C)CC1.Cl. The molecule has 0 bridgehead atoms. The fourth-order valence-electron chi connectivity index (χ4n) is 2.63. The fraction of sp³-hybridized carbons (Fsp3) is 0.500. The zero-order chi connectivity index (χ0) is 15.2. The number of benzene rings is 1. The van der Waals surface area contributed by atoms with Gasteiger partial charge in [0.25, 0.3) is 5.91 Å². The molecule has 1 heterocycles. The van der Waals surface area contributed by atoms with Gasteiger partial charge in [-0.3, -0.25) is 9.59 Å². The molecular formula is C16H24ClN3O2. The summed E-state index contributed by atoms with van der Waals surface area (Å²) in [5.74, 6) is 0.106. The summed E-state index contributed by atoms with van der Waals surface area (Å²) >= 11 is 0. The fourth-order valence-corrected chi connectivity index (χ4v) is 2.63. The Morgan fingerprint density at radius 1 is 1.23 bits per heavy atom. The van der Waals surface area contributed by atoms with Gasteiger partial charge < -0.3 is 15.5 Å². The van der Waals surface area contributed by atoms with Crippen molar-refractivity contribution in [1.82, 2.24) is 15.5 Å². The molecule has 0 radical (unpaired) electrons. The van der Waals surface area contributed by atoms with Gasteiger partial charge in [0.1, 0.15) is 0 Å². The lowest BCUT2D eigenvalue weighted by Gasteiger charge is -2.32. The third-order valence-electron chi connectivity index (χ3n) is 3.90. The van der Waals surface area contributed by atoms with Crippen LogP contribution in [0.2, 0.25) is 0 Å². The van der Waals surface area contributed by atoms with E-state index in [1.165, 1.54) is 0 Å². The number of nitrogens with one attached hydrogen (secondary N) is 2. The number of piperidine rings is 1. The number of aryl methyl sites for hydroxylation is 1. The molecule has 1 fully saturated rings. The van der Waals surface area contributed by atoms with Gasteiger partial charge >= 0.3 is 0 Å². The van der Waals surface area contributed by atoms with E-state index in [-0.39, 0.29) is 30.3 Å². The number of rotatable bonds is 4. The minimum atomic E-state index is -0.0203. The summed E-state index contributed by atoms with van der Waals surface area (Å²) in [6.07, 6.45) is 1.63. The normalized spacial score (nSPS) is 15.1. The van der Waals surface area contributed by atoms with Gasteiger partial charge in [0.2, 0.25) is 5.91 Å². The Morgan fingerprint density at radius 3 is 2.45 bits per heavy atom. The first-order valence-electron chi connectivity index (χ1n) is 7.40. The minimum absolute atomic E-state index is 0. The number of likely N-dealkylation sites (N-methyl/N-ethyl adjacent to an activating group) is 1. The van der Waals surface area contributed by atoms with Crippen LogP contribution in [-0.2, 0) is 4.79 Å². The highest BCUT2D eigenvalue weighted by atomic mass is 35.5. The number of hydrogen-bond acceptors (Lipinski definition) is 3. The molecule has 0 saturated carbocycles. The molecule has 5 nitrogen and oxygen atoms in total. The van der Waals surface area contributed by atoms with Crippen molar-refractivity contribution in [2.24, 2.45) is 0 Å². The molecule has 1 aromatic carbocycles. The first-order chi connectivity index (χ1) is 10.1. The highest BCUT2D eigenvalue weighted by Gasteiger charge is 2.23. The highest BCUT2D eigenvalue weighted by molar-refractivity contribution is 5.95. The summed E-state index contributed by atoms with van der Waals surface area (Å²) in [5, 5.41) is 5.95. The molecule has 2 amide bonds. The highest BCUT2D eigenvalue weighted by Crippen LogP contribution is 2.13. The third-order valence-corrected chi connectivity index (χ3v) is 3.90. The van der Waals surface area contributed by atoms with Crippen molar-refractivity contribution >= 4 is 24.2 Å². The van der Waals surface area contributed by atoms with E-state index < -0.39 is 0 Å². The average molecular weight is 326 g/mol. The lowest BCUT2D eigenvalue weighted by Crippen LogP contribution is -2.48. The van der Waals surface area contributed by atoms with Crippen molar-refractivity contribution in [3.63, 3.8) is 0 Å². The van der Waals surface area contributed by atoms with Gasteiger partial charge in [-0.1, -0.05) is 18.2 Å². The monoisotopic (exact) mass is 325 g/mol. The van der Waals surface area contributed by atoms with Gasteiger partial charge in [0.15, 0.2) is 0 Å². The molecule has 1 aliphatic heterocycles. The first-order valence-corrected chi connectivity index (χ1v) is 7.40. The van der Waals surface area contributed by atoms with Crippen molar-refractivity contribution in [1.29, 1.82) is 0 Å². The van der Waals surface area contributed by atoms with Crippen molar-refractivity contribution in [2.45, 2.75) is 25.8 Å². The van der Waals surface area contributed by atoms with Crippen LogP contribution in [0.5, 0.6) is 0 Å². The molecule has 2 rings (SSSR count). The van der Waals surface area contributed by atoms with Crippen LogP contribution in [0.4, 0.5) is 0 Å². The van der Waals surface area contributed by atoms with Gasteiger partial charge in [-0.2, -0.15) is 0 Å². The number of likely N-dealkylation sites (tertiary alicyclic amines) is 1. The Kier molecular flexibility index (Phi) is 7.35. The number of carbonyl (C=O) groups is 2. The van der Waals surface area contributed by atoms with E-state index in [0.717, 1.165) is 24.0 Å². The lowest BCUT2D eigenvalue weighted by atomic mass is 10.0. The van der Waals surface area contributed by atoms with Crippen LogP contribution < -0.4 is 10.6 Å². The maximum absolute atomic E-state index is 12.2. The molecule has 0 aromatic heterocycles. The predicted molar refractivity (Wildman–Crippen MR) is 89.4 cm³/mol.